The van der Waals surface area contributed by atoms with E-state index in [1.807, 2.05) is 0 Å². The van der Waals surface area contributed by atoms with Crippen molar-refractivity contribution in [2.45, 2.75) is 0 Å². The molecule has 0 rings (SSSR count). The first-order chi connectivity index (χ1) is 3.15. The fraction of sp³-hybridized carbons (Fsp3) is 0. The summed E-state index contributed by atoms with van der Waals surface area (Å²) >= 11 is -1.92. The van der Waals surface area contributed by atoms with E-state index in [1.165, 1.54) is 4.91 Å². The second kappa shape index (κ2) is 10.00. The van der Waals surface area contributed by atoms with Crippen molar-refractivity contribution in [3.05, 3.63) is 16.0 Å². The van der Waals surface area contributed by atoms with Gasteiger partial charge >= 0.3 is 42.6 Å². The number of hydrogen-bond acceptors (Lipinski definition) is 0. The molecule has 40 valence electrons. The molecule has 7 heavy (non-hydrogen) atoms. The van der Waals surface area contributed by atoms with Crippen LogP contribution in [0, 0.1) is 0 Å². The molecule has 0 N–H and O–H groups in total. The fourth-order valence-electron chi connectivity index (χ4n) is 0. The van der Waals surface area contributed by atoms with Gasteiger partial charge in [0.05, 0.1) is 0 Å². The molecule has 0 aromatic carbocycles. The standard InChI is InChI=1S/3ClH.N3.Ti/c;;;1-3-2;/h3*1H;;/q;;;-1;+4/p-3. The molecule has 0 radical (unpaired) electrons. The van der Waals surface area contributed by atoms with Gasteiger partial charge in [-0.3, -0.25) is 4.91 Å². The SMILES string of the molecule is [Cl][Ti+]([Cl])[Cl].[N-]=[N+]=[N-]. The zero-order valence-corrected chi connectivity index (χ0v) is 6.80. The van der Waals surface area contributed by atoms with Crippen molar-refractivity contribution in [2.75, 3.05) is 0 Å². The van der Waals surface area contributed by atoms with E-state index in [4.69, 9.17) is 39.0 Å². The van der Waals surface area contributed by atoms with Crippen LogP contribution in [0.15, 0.2) is 0 Å². The van der Waals surface area contributed by atoms with Gasteiger partial charge in [-0.1, -0.05) is 0 Å². The molecule has 0 atom stereocenters. The molecule has 0 fully saturated rings. The minimum absolute atomic E-state index is 1.50. The Labute approximate surface area is 58.4 Å². The van der Waals surface area contributed by atoms with Crippen LogP contribution < -0.4 is 0 Å². The zero-order valence-electron chi connectivity index (χ0n) is 2.98. The van der Waals surface area contributed by atoms with Crippen LogP contribution >= 0.6 is 27.9 Å². The predicted molar refractivity (Wildman–Crippen MR) is 27.6 cm³/mol. The summed E-state index contributed by atoms with van der Waals surface area (Å²) in [7, 11) is 14.9. The molecule has 0 aliphatic heterocycles. The molecular weight excluding hydrogens is 196 g/mol. The van der Waals surface area contributed by atoms with Crippen LogP contribution in [0.25, 0.3) is 16.0 Å². The Morgan fingerprint density at radius 2 is 1.14 bits per heavy atom. The van der Waals surface area contributed by atoms with Gasteiger partial charge in [0.15, 0.2) is 0 Å². The third-order valence-corrected chi connectivity index (χ3v) is 0. The van der Waals surface area contributed by atoms with E-state index in [0.717, 1.165) is 0 Å². The average molecular weight is 196 g/mol. The van der Waals surface area contributed by atoms with Crippen LogP contribution in [0.4, 0.5) is 0 Å². The molecule has 7 heteroatoms. The first kappa shape index (κ1) is 10.8. The maximum atomic E-state index is 6.75. The zero-order chi connectivity index (χ0) is 6.28. The Morgan fingerprint density at radius 1 is 1.14 bits per heavy atom. The Bertz CT molecular complexity index is 52.4. The molecule has 0 aromatic rings. The molecule has 0 aliphatic rings. The van der Waals surface area contributed by atoms with E-state index in [-0.39, 0.29) is 0 Å². The van der Waals surface area contributed by atoms with Gasteiger partial charge in [-0.2, -0.15) is 0 Å². The van der Waals surface area contributed by atoms with Gasteiger partial charge in [-0.05, 0) is 0 Å². The Kier molecular flexibility index (Phi) is 15.4. The van der Waals surface area contributed by atoms with Crippen molar-refractivity contribution in [2.24, 2.45) is 0 Å². The molecule has 0 spiro atoms. The molecule has 0 amide bonds. The fourth-order valence-corrected chi connectivity index (χ4v) is 0. The van der Waals surface area contributed by atoms with E-state index in [2.05, 4.69) is 0 Å². The van der Waals surface area contributed by atoms with Gasteiger partial charge < -0.3 is 11.1 Å². The Morgan fingerprint density at radius 3 is 1.14 bits per heavy atom. The summed E-state index contributed by atoms with van der Waals surface area (Å²) in [6.07, 6.45) is 0. The maximum Gasteiger partial charge on any atom is -0.255 e. The summed E-state index contributed by atoms with van der Waals surface area (Å²) in [4.78, 5) is 1.50. The van der Waals surface area contributed by atoms with Gasteiger partial charge in [0.2, 0.25) is 0 Å². The molecule has 0 saturated carbocycles. The summed E-state index contributed by atoms with van der Waals surface area (Å²) in [6.45, 7) is 0. The van der Waals surface area contributed by atoms with Crippen LogP contribution in [0.3, 0.4) is 0 Å². The van der Waals surface area contributed by atoms with Crippen LogP contribution in [0.1, 0.15) is 0 Å². The van der Waals surface area contributed by atoms with E-state index < -0.39 is 14.7 Å². The van der Waals surface area contributed by atoms with Crippen LogP contribution in [0.2, 0.25) is 0 Å². The number of nitrogens with zero attached hydrogens (tertiary/aromatic N) is 3. The number of hydrogen-bond donors (Lipinski definition) is 0. The van der Waals surface area contributed by atoms with E-state index in [1.54, 1.807) is 0 Å². The third-order valence-electron chi connectivity index (χ3n) is 0. The minimum Gasteiger partial charge on any atom is -0.373 e. The first-order valence-electron chi connectivity index (χ1n) is 0.967. The Hall–Kier alpha value is 0.894. The van der Waals surface area contributed by atoms with Gasteiger partial charge in [0, 0.05) is 0 Å². The van der Waals surface area contributed by atoms with Crippen molar-refractivity contribution >= 4 is 27.9 Å². The van der Waals surface area contributed by atoms with E-state index in [9.17, 15) is 0 Å². The second-order valence-corrected chi connectivity index (χ2v) is 8.04. The summed E-state index contributed by atoms with van der Waals surface area (Å²) < 4.78 is 0. The monoisotopic (exact) mass is 195 g/mol. The van der Waals surface area contributed by atoms with Crippen LogP contribution in [0.5, 0.6) is 0 Å². The van der Waals surface area contributed by atoms with Gasteiger partial charge in [0.25, 0.3) is 0 Å². The summed E-state index contributed by atoms with van der Waals surface area (Å²) in [5.74, 6) is 0. The third kappa shape index (κ3) is 206. The molecular formula is Cl3N3Ti. The van der Waals surface area contributed by atoms with Crippen molar-refractivity contribution in [1.82, 2.24) is 0 Å². The number of halogens is 3. The largest absolute Gasteiger partial charge is 0.373 e. The quantitative estimate of drug-likeness (QED) is 0.247. The molecule has 3 nitrogen and oxygen atoms in total. The first-order valence-corrected chi connectivity index (χ1v) is 7.41. The average Bonchev–Trinajstić information content (AvgIpc) is 1.33. The minimum atomic E-state index is -1.92. The van der Waals surface area contributed by atoms with Crippen molar-refractivity contribution < 1.29 is 14.7 Å². The topological polar surface area (TPSA) is 58.7 Å². The molecule has 0 saturated heterocycles. The van der Waals surface area contributed by atoms with Gasteiger partial charge in [0.1, 0.15) is 0 Å². The van der Waals surface area contributed by atoms with E-state index >= 15 is 0 Å². The molecule has 0 aliphatic carbocycles. The van der Waals surface area contributed by atoms with Crippen molar-refractivity contribution in [3.63, 3.8) is 0 Å². The smallest absolute Gasteiger partial charge is 0.255 e. The summed E-state index contributed by atoms with van der Waals surface area (Å²) in [5, 5.41) is 0. The van der Waals surface area contributed by atoms with Crippen molar-refractivity contribution in [1.29, 1.82) is 0 Å². The van der Waals surface area contributed by atoms with Gasteiger partial charge in [-0.25, -0.2) is 0 Å². The van der Waals surface area contributed by atoms with E-state index in [0.29, 0.717) is 0 Å². The maximum absolute atomic E-state index is 6.75. The van der Waals surface area contributed by atoms with Crippen LogP contribution in [-0.4, -0.2) is 0 Å². The molecule has 0 bridgehead atoms. The predicted octanol–water partition coefficient (Wildman–Crippen LogP) is 2.93. The molecule has 0 heterocycles. The normalized spacial score (nSPS) is 5.00. The molecule has 0 unspecified atom stereocenters. The summed E-state index contributed by atoms with van der Waals surface area (Å²) in [5.41, 5.74) is 13.5. The Balaban J connectivity index is 0. The molecule has 0 aromatic heterocycles. The number of rotatable bonds is 0. The van der Waals surface area contributed by atoms with Crippen LogP contribution in [-0.2, 0) is 14.7 Å². The van der Waals surface area contributed by atoms with Crippen molar-refractivity contribution in [3.8, 4) is 0 Å². The summed E-state index contributed by atoms with van der Waals surface area (Å²) in [6, 6.07) is 0. The second-order valence-electron chi connectivity index (χ2n) is 0.304. The van der Waals surface area contributed by atoms with Gasteiger partial charge in [-0.15, -0.1) is 0 Å².